The quantitative estimate of drug-likeness (QED) is 0.562. The number of benzene rings is 1. The van der Waals surface area contributed by atoms with Crippen molar-refractivity contribution in [2.75, 3.05) is 24.3 Å². The van der Waals surface area contributed by atoms with Crippen molar-refractivity contribution in [1.29, 1.82) is 0 Å². The Labute approximate surface area is 174 Å². The smallest absolute Gasteiger partial charge is 0.253 e. The largest absolute Gasteiger partial charge is 0.494 e. The molecule has 1 amide bonds. The van der Waals surface area contributed by atoms with Crippen LogP contribution in [0.2, 0.25) is 0 Å². The fourth-order valence-electron chi connectivity index (χ4n) is 2.76. The van der Waals surface area contributed by atoms with E-state index in [-0.39, 0.29) is 11.7 Å². The zero-order valence-electron chi connectivity index (χ0n) is 17.3. The number of rotatable bonds is 8. The number of thioether (sulfide) groups is 1. The lowest BCUT2D eigenvalue weighted by Crippen LogP contribution is -2.15. The number of carbonyl (C=O) groups excluding carboxylic acids is 1. The average Bonchev–Trinajstić information content (AvgIpc) is 3.10. The predicted molar refractivity (Wildman–Crippen MR) is 113 cm³/mol. The fourth-order valence-corrected chi connectivity index (χ4v) is 3.38. The molecule has 8 nitrogen and oxygen atoms in total. The molecule has 1 N–H and O–H groups in total. The van der Waals surface area contributed by atoms with Gasteiger partial charge in [-0.05, 0) is 52.3 Å². The Bertz CT molecular complexity index is 1030. The van der Waals surface area contributed by atoms with Crippen LogP contribution >= 0.6 is 11.8 Å². The minimum atomic E-state index is -0.180. The Balaban J connectivity index is 1.71. The molecule has 2 aromatic heterocycles. The fraction of sp³-hybridized carbons (Fsp3) is 0.400. The number of nitrogens with zero attached hydrogens (tertiary/aromatic N) is 4. The highest BCUT2D eigenvalue weighted by atomic mass is 32.2. The van der Waals surface area contributed by atoms with Crippen LogP contribution in [0.1, 0.15) is 30.8 Å². The van der Waals surface area contributed by atoms with E-state index < -0.39 is 0 Å². The molecule has 0 saturated carbocycles. The molecule has 9 heteroatoms. The SMILES string of the molecule is CCOc1ccc(OCC)c(NC(=O)CSc2nc3nc(C)c(C)c(C)n3n2)c1. The van der Waals surface area contributed by atoms with Crippen molar-refractivity contribution < 1.29 is 14.3 Å². The number of fused-ring (bicyclic) bond motifs is 1. The maximum atomic E-state index is 12.5. The molecule has 0 atom stereocenters. The minimum absolute atomic E-state index is 0.165. The Kier molecular flexibility index (Phi) is 6.58. The second-order valence-electron chi connectivity index (χ2n) is 6.37. The molecular formula is C20H25N5O3S. The summed E-state index contributed by atoms with van der Waals surface area (Å²) in [6.45, 7) is 10.8. The number of carbonyl (C=O) groups is 1. The topological polar surface area (TPSA) is 90.6 Å². The predicted octanol–water partition coefficient (Wildman–Crippen LogP) is 3.58. The molecule has 2 heterocycles. The molecule has 0 aliphatic carbocycles. The molecular weight excluding hydrogens is 390 g/mol. The van der Waals surface area contributed by atoms with Gasteiger partial charge in [-0.15, -0.1) is 5.10 Å². The molecule has 0 aliphatic heterocycles. The lowest BCUT2D eigenvalue weighted by molar-refractivity contribution is -0.113. The van der Waals surface area contributed by atoms with E-state index in [1.54, 1.807) is 16.6 Å². The van der Waals surface area contributed by atoms with E-state index in [0.717, 1.165) is 17.0 Å². The van der Waals surface area contributed by atoms with Crippen LogP contribution < -0.4 is 14.8 Å². The second kappa shape index (κ2) is 9.13. The molecule has 0 bridgehead atoms. The van der Waals surface area contributed by atoms with Crippen LogP contribution in [0.5, 0.6) is 11.5 Å². The van der Waals surface area contributed by atoms with Crippen LogP contribution in [0.15, 0.2) is 23.4 Å². The van der Waals surface area contributed by atoms with Gasteiger partial charge in [0.1, 0.15) is 11.5 Å². The number of amides is 1. The minimum Gasteiger partial charge on any atom is -0.494 e. The highest BCUT2D eigenvalue weighted by Gasteiger charge is 2.14. The molecule has 3 aromatic rings. The summed E-state index contributed by atoms with van der Waals surface area (Å²) in [5.41, 5.74) is 3.57. The molecule has 1 aromatic carbocycles. The zero-order valence-corrected chi connectivity index (χ0v) is 18.1. The third-order valence-electron chi connectivity index (χ3n) is 4.41. The lowest BCUT2D eigenvalue weighted by atomic mass is 10.2. The van der Waals surface area contributed by atoms with Gasteiger partial charge in [0.05, 0.1) is 24.7 Å². The Hall–Kier alpha value is -2.81. The third kappa shape index (κ3) is 4.79. The van der Waals surface area contributed by atoms with E-state index >= 15 is 0 Å². The molecule has 0 unspecified atom stereocenters. The summed E-state index contributed by atoms with van der Waals surface area (Å²) in [5.74, 6) is 1.80. The molecule has 154 valence electrons. The van der Waals surface area contributed by atoms with Crippen LogP contribution in [0, 0.1) is 20.8 Å². The summed E-state index contributed by atoms with van der Waals surface area (Å²) in [7, 11) is 0. The van der Waals surface area contributed by atoms with E-state index in [4.69, 9.17) is 9.47 Å². The molecule has 0 fully saturated rings. The van der Waals surface area contributed by atoms with Gasteiger partial charge in [-0.1, -0.05) is 11.8 Å². The standard InChI is InChI=1S/C20H25N5O3S/c1-6-27-15-8-9-17(28-7-2)16(10-15)22-18(26)11-29-20-23-19-21-13(4)12(3)14(5)25(19)24-20/h8-10H,6-7,11H2,1-5H3,(H,22,26). The van der Waals surface area contributed by atoms with Gasteiger partial charge in [0.2, 0.25) is 11.1 Å². The number of ether oxygens (including phenoxy) is 2. The summed E-state index contributed by atoms with van der Waals surface area (Å²) in [5, 5.41) is 7.85. The van der Waals surface area contributed by atoms with Gasteiger partial charge in [0.25, 0.3) is 5.78 Å². The van der Waals surface area contributed by atoms with Crippen LogP contribution in [0.25, 0.3) is 5.78 Å². The molecule has 3 rings (SSSR count). The van der Waals surface area contributed by atoms with Crippen molar-refractivity contribution in [2.45, 2.75) is 39.8 Å². The van der Waals surface area contributed by atoms with Crippen molar-refractivity contribution in [3.63, 3.8) is 0 Å². The second-order valence-corrected chi connectivity index (χ2v) is 7.32. The van der Waals surface area contributed by atoms with Crippen LogP contribution in [-0.4, -0.2) is 44.5 Å². The summed E-state index contributed by atoms with van der Waals surface area (Å²) < 4.78 is 12.8. The first-order valence-electron chi connectivity index (χ1n) is 9.45. The van der Waals surface area contributed by atoms with Gasteiger partial charge in [-0.3, -0.25) is 4.79 Å². The maximum absolute atomic E-state index is 12.5. The number of aryl methyl sites for hydroxylation is 2. The first-order chi connectivity index (χ1) is 13.9. The van der Waals surface area contributed by atoms with Crippen LogP contribution in [-0.2, 0) is 4.79 Å². The van der Waals surface area contributed by atoms with Gasteiger partial charge < -0.3 is 14.8 Å². The van der Waals surface area contributed by atoms with Crippen LogP contribution in [0.4, 0.5) is 5.69 Å². The molecule has 29 heavy (non-hydrogen) atoms. The molecule has 0 spiro atoms. The van der Waals surface area contributed by atoms with Crippen molar-refractivity contribution in [3.05, 3.63) is 35.2 Å². The molecule has 0 aliphatic rings. The van der Waals surface area contributed by atoms with E-state index in [0.29, 0.717) is 41.3 Å². The first-order valence-corrected chi connectivity index (χ1v) is 10.4. The normalized spacial score (nSPS) is 10.9. The van der Waals surface area contributed by atoms with E-state index in [1.807, 2.05) is 40.7 Å². The first kappa shape index (κ1) is 20.9. The number of aromatic nitrogens is 4. The highest BCUT2D eigenvalue weighted by Crippen LogP contribution is 2.30. The van der Waals surface area contributed by atoms with E-state index in [2.05, 4.69) is 20.4 Å². The van der Waals surface area contributed by atoms with Gasteiger partial charge in [0.15, 0.2) is 0 Å². The monoisotopic (exact) mass is 415 g/mol. The molecule has 0 radical (unpaired) electrons. The van der Waals surface area contributed by atoms with Crippen molar-refractivity contribution in [2.24, 2.45) is 0 Å². The number of anilines is 1. The zero-order chi connectivity index (χ0) is 21.0. The highest BCUT2D eigenvalue weighted by molar-refractivity contribution is 7.99. The van der Waals surface area contributed by atoms with Crippen molar-refractivity contribution in [3.8, 4) is 11.5 Å². The summed E-state index contributed by atoms with van der Waals surface area (Å²) in [6.07, 6.45) is 0. The van der Waals surface area contributed by atoms with E-state index in [1.165, 1.54) is 11.8 Å². The van der Waals surface area contributed by atoms with Crippen LogP contribution in [0.3, 0.4) is 0 Å². The Morgan fingerprint density at radius 1 is 1.14 bits per heavy atom. The third-order valence-corrected chi connectivity index (χ3v) is 5.25. The Morgan fingerprint density at radius 2 is 1.90 bits per heavy atom. The Morgan fingerprint density at radius 3 is 2.62 bits per heavy atom. The number of nitrogens with one attached hydrogen (secondary N) is 1. The van der Waals surface area contributed by atoms with Gasteiger partial charge in [0, 0.05) is 17.5 Å². The van der Waals surface area contributed by atoms with Gasteiger partial charge in [-0.25, -0.2) is 9.50 Å². The van der Waals surface area contributed by atoms with Crippen molar-refractivity contribution >= 4 is 29.1 Å². The van der Waals surface area contributed by atoms with Gasteiger partial charge >= 0.3 is 0 Å². The average molecular weight is 416 g/mol. The van der Waals surface area contributed by atoms with E-state index in [9.17, 15) is 4.79 Å². The lowest BCUT2D eigenvalue weighted by Gasteiger charge is -2.13. The maximum Gasteiger partial charge on any atom is 0.253 e. The summed E-state index contributed by atoms with van der Waals surface area (Å²) in [6, 6.07) is 5.37. The van der Waals surface area contributed by atoms with Crippen molar-refractivity contribution in [1.82, 2.24) is 19.6 Å². The number of hydrogen-bond acceptors (Lipinski definition) is 7. The summed E-state index contributed by atoms with van der Waals surface area (Å²) in [4.78, 5) is 21.4. The summed E-state index contributed by atoms with van der Waals surface area (Å²) >= 11 is 1.26. The number of hydrogen-bond donors (Lipinski definition) is 1. The van der Waals surface area contributed by atoms with Gasteiger partial charge in [-0.2, -0.15) is 4.98 Å². The molecule has 0 saturated heterocycles.